The van der Waals surface area contributed by atoms with E-state index in [2.05, 4.69) is 9.97 Å². The van der Waals surface area contributed by atoms with Crippen LogP contribution in [0.4, 0.5) is 0 Å². The predicted molar refractivity (Wildman–Crippen MR) is 32.2 cm³/mol. The maximum absolute atomic E-state index is 5.25. The Labute approximate surface area is 49.4 Å². The van der Waals surface area contributed by atoms with Crippen LogP contribution in [0.3, 0.4) is 0 Å². The molecule has 2 nitrogen and oxygen atoms in total. The molecule has 0 fully saturated rings. The van der Waals surface area contributed by atoms with Gasteiger partial charge in [0.1, 0.15) is 7.85 Å². The Bertz CT molecular complexity index is 149. The summed E-state index contributed by atoms with van der Waals surface area (Å²) >= 11 is 0. The fraction of sp³-hybridized carbons (Fsp3) is 0.200. The van der Waals surface area contributed by atoms with Crippen LogP contribution in [-0.4, -0.2) is 17.8 Å². The van der Waals surface area contributed by atoms with Gasteiger partial charge in [0.25, 0.3) is 0 Å². The van der Waals surface area contributed by atoms with Crippen LogP contribution in [0.2, 0.25) is 0 Å². The lowest BCUT2D eigenvalue weighted by molar-refractivity contribution is 1.14. The normalized spacial score (nSPS) is 9.12. The van der Waals surface area contributed by atoms with E-state index in [-0.39, 0.29) is 0 Å². The molecule has 2 radical (unpaired) electrons. The highest BCUT2D eigenvalue weighted by Crippen LogP contribution is 1.79. The first-order valence-electron chi connectivity index (χ1n) is 2.33. The number of hydrogen-bond donors (Lipinski definition) is 0. The molecule has 0 saturated carbocycles. The summed E-state index contributed by atoms with van der Waals surface area (Å²) in [4.78, 5) is 7.69. The molecule has 0 saturated heterocycles. The zero-order valence-corrected chi connectivity index (χ0v) is 4.63. The molecule has 1 rings (SSSR count). The lowest BCUT2D eigenvalue weighted by atomic mass is 10.1. The van der Waals surface area contributed by atoms with Crippen LogP contribution in [-0.2, 0) is 0 Å². The van der Waals surface area contributed by atoms with E-state index in [9.17, 15) is 0 Å². The summed E-state index contributed by atoms with van der Waals surface area (Å²) in [6.07, 6.45) is 3.17. The Hall–Kier alpha value is -0.855. The van der Waals surface area contributed by atoms with Gasteiger partial charge in [0, 0.05) is 18.0 Å². The number of rotatable bonds is 0. The van der Waals surface area contributed by atoms with Crippen molar-refractivity contribution in [3.8, 4) is 0 Å². The van der Waals surface area contributed by atoms with E-state index >= 15 is 0 Å². The Morgan fingerprint density at radius 1 is 1.38 bits per heavy atom. The maximum Gasteiger partial charge on any atom is 0.143 e. The number of nitrogens with zero attached hydrogens (tertiary/aromatic N) is 2. The molecule has 0 bridgehead atoms. The lowest BCUT2D eigenvalue weighted by Gasteiger charge is -1.89. The van der Waals surface area contributed by atoms with E-state index in [4.69, 9.17) is 7.85 Å². The van der Waals surface area contributed by atoms with E-state index < -0.39 is 0 Å². The van der Waals surface area contributed by atoms with Crippen molar-refractivity contribution in [2.75, 3.05) is 0 Å². The highest BCUT2D eigenvalue weighted by atomic mass is 14.8. The van der Waals surface area contributed by atoms with Crippen molar-refractivity contribution in [1.29, 1.82) is 0 Å². The molecule has 8 heavy (non-hydrogen) atoms. The molecule has 0 aliphatic carbocycles. The van der Waals surface area contributed by atoms with Gasteiger partial charge < -0.3 is 0 Å². The Kier molecular flexibility index (Phi) is 1.28. The van der Waals surface area contributed by atoms with Crippen molar-refractivity contribution in [3.63, 3.8) is 0 Å². The molecule has 1 aromatic rings. The first kappa shape index (κ1) is 5.28. The number of aromatic nitrogens is 2. The molecule has 0 atom stereocenters. The third kappa shape index (κ3) is 1.06. The van der Waals surface area contributed by atoms with Crippen molar-refractivity contribution in [3.05, 3.63) is 18.1 Å². The molecule has 0 unspecified atom stereocenters. The average molecular weight is 104 g/mol. The first-order valence-corrected chi connectivity index (χ1v) is 2.33. The van der Waals surface area contributed by atoms with Crippen LogP contribution < -0.4 is 5.59 Å². The van der Waals surface area contributed by atoms with E-state index in [0.717, 1.165) is 5.69 Å². The molecule has 0 aliphatic heterocycles. The van der Waals surface area contributed by atoms with Gasteiger partial charge in [0.05, 0.1) is 5.69 Å². The van der Waals surface area contributed by atoms with Crippen molar-refractivity contribution in [2.45, 2.75) is 6.92 Å². The van der Waals surface area contributed by atoms with E-state index in [0.29, 0.717) is 5.59 Å². The van der Waals surface area contributed by atoms with Crippen molar-refractivity contribution in [2.24, 2.45) is 0 Å². The minimum absolute atomic E-state index is 0.468. The van der Waals surface area contributed by atoms with Gasteiger partial charge in [0.2, 0.25) is 0 Å². The lowest BCUT2D eigenvalue weighted by Crippen LogP contribution is -2.07. The van der Waals surface area contributed by atoms with Crippen molar-refractivity contribution in [1.82, 2.24) is 9.97 Å². The summed E-state index contributed by atoms with van der Waals surface area (Å²) in [5.74, 6) is 0. The minimum atomic E-state index is 0.468. The summed E-state index contributed by atoms with van der Waals surface area (Å²) in [5, 5.41) is 0. The topological polar surface area (TPSA) is 25.8 Å². The van der Waals surface area contributed by atoms with Gasteiger partial charge in [-0.05, 0) is 6.92 Å². The minimum Gasteiger partial charge on any atom is -0.269 e. The standard InChI is InChI=1S/C5H5BN2/c1-4-2-8-5(6)3-7-4/h2-3H,1H3. The third-order valence-electron chi connectivity index (χ3n) is 0.801. The summed E-state index contributed by atoms with van der Waals surface area (Å²) in [7, 11) is 5.25. The highest BCUT2D eigenvalue weighted by Gasteiger charge is 1.82. The van der Waals surface area contributed by atoms with Crippen LogP contribution in [0, 0.1) is 6.92 Å². The highest BCUT2D eigenvalue weighted by molar-refractivity contribution is 6.30. The summed E-state index contributed by atoms with van der Waals surface area (Å²) in [6.45, 7) is 1.87. The van der Waals surface area contributed by atoms with Crippen molar-refractivity contribution < 1.29 is 0 Å². The van der Waals surface area contributed by atoms with Gasteiger partial charge in [-0.25, -0.2) is 0 Å². The molecule has 0 aromatic carbocycles. The van der Waals surface area contributed by atoms with Crippen LogP contribution in [0.1, 0.15) is 5.69 Å². The van der Waals surface area contributed by atoms with E-state index in [1.165, 1.54) is 6.20 Å². The Balaban J connectivity index is 3.03. The van der Waals surface area contributed by atoms with Crippen molar-refractivity contribution >= 4 is 13.4 Å². The second-order valence-electron chi connectivity index (χ2n) is 1.58. The fourth-order valence-corrected chi connectivity index (χ4v) is 0.403. The Morgan fingerprint density at radius 2 is 2.12 bits per heavy atom. The molecule has 0 aliphatic rings. The van der Waals surface area contributed by atoms with Crippen LogP contribution in [0.15, 0.2) is 12.4 Å². The Morgan fingerprint density at radius 3 is 2.50 bits per heavy atom. The van der Waals surface area contributed by atoms with Crippen LogP contribution >= 0.6 is 0 Å². The summed E-state index contributed by atoms with van der Waals surface area (Å²) in [6, 6.07) is 0. The molecule has 1 heterocycles. The second-order valence-corrected chi connectivity index (χ2v) is 1.58. The second kappa shape index (κ2) is 1.94. The molecule has 0 amide bonds. The molecular weight excluding hydrogens is 98.9 g/mol. The SMILES string of the molecule is [B]c1cnc(C)cn1. The van der Waals surface area contributed by atoms with Crippen LogP contribution in [0.5, 0.6) is 0 Å². The van der Waals surface area contributed by atoms with Gasteiger partial charge in [-0.15, -0.1) is 0 Å². The molecular formula is C5H5BN2. The predicted octanol–water partition coefficient (Wildman–Crippen LogP) is -0.421. The van der Waals surface area contributed by atoms with E-state index in [1.54, 1.807) is 6.20 Å². The third-order valence-corrected chi connectivity index (χ3v) is 0.801. The molecule has 1 aromatic heterocycles. The number of hydrogen-bond acceptors (Lipinski definition) is 2. The van der Waals surface area contributed by atoms with Gasteiger partial charge in [0.15, 0.2) is 0 Å². The maximum atomic E-state index is 5.25. The van der Waals surface area contributed by atoms with Gasteiger partial charge in [-0.1, -0.05) is 0 Å². The zero-order chi connectivity index (χ0) is 5.98. The zero-order valence-electron chi connectivity index (χ0n) is 4.63. The molecule has 3 heteroatoms. The largest absolute Gasteiger partial charge is 0.269 e. The quantitative estimate of drug-likeness (QED) is 0.417. The molecule has 38 valence electrons. The van der Waals surface area contributed by atoms with Gasteiger partial charge in [-0.2, -0.15) is 0 Å². The molecule has 0 spiro atoms. The monoisotopic (exact) mass is 104 g/mol. The smallest absolute Gasteiger partial charge is 0.143 e. The first-order chi connectivity index (χ1) is 3.79. The van der Waals surface area contributed by atoms with Gasteiger partial charge in [-0.3, -0.25) is 9.97 Å². The average Bonchev–Trinajstić information content (AvgIpc) is 1.77. The summed E-state index contributed by atoms with van der Waals surface area (Å²) in [5.41, 5.74) is 1.36. The summed E-state index contributed by atoms with van der Waals surface area (Å²) < 4.78 is 0. The van der Waals surface area contributed by atoms with Gasteiger partial charge >= 0.3 is 0 Å². The van der Waals surface area contributed by atoms with Crippen LogP contribution in [0.25, 0.3) is 0 Å². The number of aryl methyl sites for hydroxylation is 1. The van der Waals surface area contributed by atoms with E-state index in [1.807, 2.05) is 6.92 Å². The fourth-order valence-electron chi connectivity index (χ4n) is 0.403. The molecule has 0 N–H and O–H groups in total.